The third-order valence-corrected chi connectivity index (χ3v) is 8.93. The van der Waals surface area contributed by atoms with Gasteiger partial charge in [-0.15, -0.1) is 0 Å². The Morgan fingerprint density at radius 3 is 2.68 bits per heavy atom. The van der Waals surface area contributed by atoms with Gasteiger partial charge in [-0.25, -0.2) is 0 Å². The van der Waals surface area contributed by atoms with Crippen LogP contribution >= 0.6 is 11.3 Å². The van der Waals surface area contributed by atoms with Gasteiger partial charge in [0.2, 0.25) is 0 Å². The molecule has 0 saturated heterocycles. The first-order valence-corrected chi connectivity index (χ1v) is 14.5. The molecule has 4 N–H and O–H groups in total. The van der Waals surface area contributed by atoms with Crippen molar-refractivity contribution in [2.45, 2.75) is 76.8 Å². The van der Waals surface area contributed by atoms with E-state index in [1.165, 1.54) is 11.3 Å². The third kappa shape index (κ3) is 6.82. The van der Waals surface area contributed by atoms with Crippen LogP contribution in [0.25, 0.3) is 0 Å². The van der Waals surface area contributed by atoms with Gasteiger partial charge < -0.3 is 4.74 Å². The van der Waals surface area contributed by atoms with Crippen molar-refractivity contribution in [1.82, 2.24) is 15.0 Å². The minimum absolute atomic E-state index is 0.0361. The number of guanidine groups is 1. The van der Waals surface area contributed by atoms with E-state index in [0.29, 0.717) is 36.1 Å². The molecule has 13 heteroatoms. The Hall–Kier alpha value is -2.64. The Balaban J connectivity index is 1.70. The second kappa shape index (κ2) is 11.8. The second-order valence-corrected chi connectivity index (χ2v) is 12.2. The number of rotatable bonds is 11. The molecule has 3 rings (SSSR count). The van der Waals surface area contributed by atoms with Crippen LogP contribution < -0.4 is 20.5 Å². The van der Waals surface area contributed by atoms with E-state index in [9.17, 15) is 17.9 Å². The number of nitrogens with zero attached hydrogens (tertiary/aromatic N) is 2. The molecule has 0 bridgehead atoms. The number of fused-ring (bicyclic) bond motifs is 1. The molecule has 2 aromatic rings. The zero-order chi connectivity index (χ0) is 27.4. The maximum absolute atomic E-state index is 13.3. The van der Waals surface area contributed by atoms with Crippen molar-refractivity contribution in [3.63, 3.8) is 0 Å². The number of thiazole rings is 1. The number of carbonyl (C=O) groups is 1. The molecule has 200 valence electrons. The summed E-state index contributed by atoms with van der Waals surface area (Å²) in [6.45, 7) is 9.68. The van der Waals surface area contributed by atoms with Crippen LogP contribution in [0.5, 0.6) is 5.75 Å². The van der Waals surface area contributed by atoms with Crippen molar-refractivity contribution < 1.29 is 22.7 Å². The monoisotopic (exact) mass is 547 g/mol. The fourth-order valence-electron chi connectivity index (χ4n) is 4.48. The molecule has 10 nitrogen and oxygen atoms in total. The van der Waals surface area contributed by atoms with Gasteiger partial charge in [0.15, 0.2) is 0 Å². The molecule has 0 saturated carbocycles. The summed E-state index contributed by atoms with van der Waals surface area (Å²) in [6, 6.07) is -0.597. The molecular weight excluding hydrogens is 513 g/mol. The minimum Gasteiger partial charge on any atom is -0.487 e. The van der Waals surface area contributed by atoms with Crippen LogP contribution in [0.1, 0.15) is 65.2 Å². The Labute approximate surface area is 222 Å². The fraction of sp³-hybridized carbons (Fsp3) is 0.542. The Kier molecular flexibility index (Phi) is 9.25. The Morgan fingerprint density at radius 1 is 1.30 bits per heavy atom. The maximum atomic E-state index is 13.3. The fourth-order valence-corrected chi connectivity index (χ4v) is 6.63. The van der Waals surface area contributed by atoms with E-state index in [1.54, 1.807) is 25.4 Å². The van der Waals surface area contributed by atoms with Crippen molar-refractivity contribution in [2.75, 3.05) is 13.0 Å². The number of Topliss-reactive ketones (excluding diaryl/α,β-unsaturated/α-hetero) is 1. The Morgan fingerprint density at radius 2 is 2.03 bits per heavy atom. The number of ether oxygens (including phenoxy) is 1. The van der Waals surface area contributed by atoms with Crippen molar-refractivity contribution >= 4 is 40.3 Å². The van der Waals surface area contributed by atoms with Gasteiger partial charge in [0.05, 0.1) is 0 Å². The van der Waals surface area contributed by atoms with Crippen LogP contribution in [0.15, 0.2) is 21.5 Å². The van der Waals surface area contributed by atoms with Crippen LogP contribution in [0.4, 0.5) is 0 Å². The number of aromatic nitrogens is 1. The van der Waals surface area contributed by atoms with Gasteiger partial charge in [-0.2, -0.15) is 0 Å². The van der Waals surface area contributed by atoms with E-state index in [1.807, 2.05) is 20.8 Å². The van der Waals surface area contributed by atoms with Crippen LogP contribution in [-0.4, -0.2) is 56.9 Å². The summed E-state index contributed by atoms with van der Waals surface area (Å²) in [5, 5.41) is 4.97. The summed E-state index contributed by atoms with van der Waals surface area (Å²) in [5.74, 6) is 0.336. The number of hydrogen-bond donors (Lipinski definition) is 3. The summed E-state index contributed by atoms with van der Waals surface area (Å²) < 4.78 is 46.0. The predicted octanol–water partition coefficient (Wildman–Crippen LogP) is 2.39. The third-order valence-electron chi connectivity index (χ3n) is 6.51. The summed E-state index contributed by atoms with van der Waals surface area (Å²) in [7, 11) is -3.30. The molecule has 1 unspecified atom stereocenters. The number of nitrogens with one attached hydrogen (secondary N) is 2. The normalized spacial score (nSPS) is 15.9. The number of ketones is 1. The van der Waals surface area contributed by atoms with E-state index in [2.05, 4.69) is 20.0 Å². The summed E-state index contributed by atoms with van der Waals surface area (Å²) in [6.07, 6.45) is 3.92. The molecule has 0 aliphatic carbocycles. The van der Waals surface area contributed by atoms with Crippen LogP contribution in [0.2, 0.25) is 0 Å². The molecule has 37 heavy (non-hydrogen) atoms. The minimum atomic E-state index is -3.99. The number of nitrogens with two attached hydrogens (primary N) is 1. The Bertz CT molecular complexity index is 1290. The molecular formula is C24H34BN5O5S2. The average molecular weight is 548 g/mol. The zero-order valence-corrected chi connectivity index (χ0v) is 23.5. The smallest absolute Gasteiger partial charge is 0.487 e. The van der Waals surface area contributed by atoms with Gasteiger partial charge in [0, 0.05) is 0 Å². The number of hydrogen-bond acceptors (Lipinski definition) is 9. The summed E-state index contributed by atoms with van der Waals surface area (Å²) in [5.41, 5.74) is 8.59. The summed E-state index contributed by atoms with van der Waals surface area (Å²) in [4.78, 5) is 21.0. The SMILES string of the molecule is Cc1c(C)c(S(=O)(=O)NC(N)=NCCCC(NCB=O)C(=O)c2nccs2)c(C)c2c1OC(C)(C)CC2. The van der Waals surface area contributed by atoms with E-state index < -0.39 is 16.1 Å². The van der Waals surface area contributed by atoms with E-state index in [0.717, 1.165) is 29.7 Å². The standard InChI is InChI=1S/C24H34BN5O5S2/c1-14-15(2)21(16(3)17-8-9-24(4,5)35-20(14)17)37(33,34)30-23(26)28-10-6-7-18(29-13-25-32)19(31)22-27-11-12-36-22/h11-12,18,29H,6-10,13H2,1-5H3,(H3,26,28,30). The predicted molar refractivity (Wildman–Crippen MR) is 144 cm³/mol. The van der Waals surface area contributed by atoms with E-state index in [4.69, 9.17) is 10.5 Å². The van der Waals surface area contributed by atoms with Crippen molar-refractivity contribution in [3.05, 3.63) is 38.8 Å². The first-order chi connectivity index (χ1) is 17.4. The molecule has 1 aromatic heterocycles. The van der Waals surface area contributed by atoms with Gasteiger partial charge in [-0.3, -0.25) is 0 Å². The van der Waals surface area contributed by atoms with Crippen LogP contribution in [-0.2, 0) is 21.1 Å². The van der Waals surface area contributed by atoms with Crippen molar-refractivity contribution in [3.8, 4) is 5.75 Å². The molecule has 1 aliphatic heterocycles. The van der Waals surface area contributed by atoms with Gasteiger partial charge in [-0.05, 0) is 58.6 Å². The quantitative estimate of drug-likeness (QED) is 0.127. The topological polar surface area (TPSA) is 153 Å². The van der Waals surface area contributed by atoms with Crippen molar-refractivity contribution in [2.24, 2.45) is 10.7 Å². The summed E-state index contributed by atoms with van der Waals surface area (Å²) >= 11 is 1.23. The number of sulfonamides is 1. The van der Waals surface area contributed by atoms with Crippen LogP contribution in [0, 0.1) is 20.8 Å². The first-order valence-electron chi connectivity index (χ1n) is 12.1. The molecule has 0 fully saturated rings. The first kappa shape index (κ1) is 28.9. The second-order valence-electron chi connectivity index (χ2n) is 9.72. The molecule has 1 aromatic carbocycles. The molecule has 0 spiro atoms. The number of carbonyl (C=O) groups excluding carboxylic acids is 1. The molecule has 0 radical (unpaired) electrons. The van der Waals surface area contributed by atoms with Gasteiger partial charge in [0.1, 0.15) is 11.4 Å². The van der Waals surface area contributed by atoms with Crippen LogP contribution in [0.3, 0.4) is 0 Å². The van der Waals surface area contributed by atoms with Gasteiger partial charge in [0.25, 0.3) is 0 Å². The number of benzene rings is 1. The van der Waals surface area contributed by atoms with Gasteiger partial charge >= 0.3 is 148 Å². The molecule has 0 amide bonds. The van der Waals surface area contributed by atoms with Gasteiger partial charge in [-0.1, -0.05) is 0 Å². The molecule has 2 heterocycles. The van der Waals surface area contributed by atoms with E-state index >= 15 is 0 Å². The van der Waals surface area contributed by atoms with Crippen molar-refractivity contribution in [1.29, 1.82) is 0 Å². The van der Waals surface area contributed by atoms with E-state index in [-0.39, 0.29) is 35.2 Å². The number of aliphatic imine (C=N–C) groups is 1. The zero-order valence-electron chi connectivity index (χ0n) is 21.9. The average Bonchev–Trinajstić information content (AvgIpc) is 3.36. The molecule has 1 atom stereocenters. The molecule has 1 aliphatic rings.